The smallest absolute Gasteiger partial charge is 0.165 e. The van der Waals surface area contributed by atoms with E-state index < -0.39 is 0 Å². The van der Waals surface area contributed by atoms with E-state index in [4.69, 9.17) is 23.2 Å². The van der Waals surface area contributed by atoms with Crippen molar-refractivity contribution in [2.45, 2.75) is 9.92 Å². The highest BCUT2D eigenvalue weighted by atomic mass is 79.9. The number of hydrogen-bond donors (Lipinski definition) is 0. The molecule has 0 aromatic carbocycles. The van der Waals surface area contributed by atoms with E-state index in [9.17, 15) is 0 Å². The fraction of sp³-hybridized carbons (Fsp3) is 0. The zero-order chi connectivity index (χ0) is 11.5. The summed E-state index contributed by atoms with van der Waals surface area (Å²) in [6, 6.07) is 5.43. The molecule has 2 aromatic rings. The molecule has 0 aliphatic carbocycles. The highest BCUT2D eigenvalue weighted by Crippen LogP contribution is 2.32. The van der Waals surface area contributed by atoms with Crippen LogP contribution in [0.4, 0.5) is 0 Å². The molecule has 3 nitrogen and oxygen atoms in total. The summed E-state index contributed by atoms with van der Waals surface area (Å²) < 4.78 is 0.925. The van der Waals surface area contributed by atoms with Crippen LogP contribution in [0.1, 0.15) is 0 Å². The molecule has 7 heteroatoms. The van der Waals surface area contributed by atoms with Crippen LogP contribution in [-0.4, -0.2) is 15.2 Å². The molecule has 0 aliphatic rings. The Kier molecular flexibility index (Phi) is 4.02. The van der Waals surface area contributed by atoms with Crippen LogP contribution in [0, 0.1) is 0 Å². The third-order valence-corrected chi connectivity index (χ3v) is 3.63. The molecule has 2 aromatic heterocycles. The molecule has 0 spiro atoms. The van der Waals surface area contributed by atoms with Gasteiger partial charge in [0.25, 0.3) is 0 Å². The van der Waals surface area contributed by atoms with Gasteiger partial charge in [0.1, 0.15) is 5.03 Å². The maximum atomic E-state index is 5.89. The lowest BCUT2D eigenvalue weighted by molar-refractivity contribution is 0.995. The van der Waals surface area contributed by atoms with Gasteiger partial charge in [0, 0.05) is 10.7 Å². The summed E-state index contributed by atoms with van der Waals surface area (Å²) in [7, 11) is 0. The first-order chi connectivity index (χ1) is 7.65. The van der Waals surface area contributed by atoms with Gasteiger partial charge in [-0.05, 0) is 34.1 Å². The number of rotatable bonds is 2. The van der Waals surface area contributed by atoms with Gasteiger partial charge < -0.3 is 0 Å². The van der Waals surface area contributed by atoms with Crippen molar-refractivity contribution in [2.75, 3.05) is 0 Å². The lowest BCUT2D eigenvalue weighted by atomic mass is 10.5. The minimum absolute atomic E-state index is 0.309. The van der Waals surface area contributed by atoms with Crippen molar-refractivity contribution >= 4 is 50.9 Å². The quantitative estimate of drug-likeness (QED) is 0.827. The van der Waals surface area contributed by atoms with Crippen LogP contribution in [0.3, 0.4) is 0 Å². The average molecular weight is 337 g/mol. The molecule has 0 amide bonds. The summed E-state index contributed by atoms with van der Waals surface area (Å²) >= 11 is 16.3. The van der Waals surface area contributed by atoms with E-state index in [1.54, 1.807) is 12.3 Å². The second-order valence-electron chi connectivity index (χ2n) is 2.74. The molecule has 2 rings (SSSR count). The molecule has 0 fully saturated rings. The van der Waals surface area contributed by atoms with Crippen molar-refractivity contribution in [3.05, 3.63) is 39.2 Å². The predicted octanol–water partition coefficient (Wildman–Crippen LogP) is 4.09. The Labute approximate surface area is 115 Å². The zero-order valence-electron chi connectivity index (χ0n) is 7.69. The van der Waals surface area contributed by atoms with Gasteiger partial charge in [-0.3, -0.25) is 0 Å². The molecule has 0 saturated heterocycles. The molecule has 82 valence electrons. The third-order valence-electron chi connectivity index (χ3n) is 1.60. The Morgan fingerprint density at radius 3 is 2.69 bits per heavy atom. The summed E-state index contributed by atoms with van der Waals surface area (Å²) in [4.78, 5) is 4.94. The molecular formula is C9H4BrCl2N3S. The molecule has 0 aliphatic heterocycles. The number of pyridine rings is 1. The molecule has 16 heavy (non-hydrogen) atoms. The maximum absolute atomic E-state index is 5.89. The largest absolute Gasteiger partial charge is 0.248 e. The summed E-state index contributed by atoms with van der Waals surface area (Å²) in [5, 5.41) is 8.80. The first kappa shape index (κ1) is 12.1. The first-order valence-electron chi connectivity index (χ1n) is 4.13. The minimum Gasteiger partial charge on any atom is -0.248 e. The highest BCUT2D eigenvalue weighted by molar-refractivity contribution is 9.10. The molecule has 0 saturated carbocycles. The Bertz CT molecular complexity index is 507. The standard InChI is InChI=1S/C9H4BrCl2N3S/c10-5-1-2-8(13-4-5)16-6-3-7(11)14-15-9(6)12/h1-4H. The highest BCUT2D eigenvalue weighted by Gasteiger charge is 2.06. The van der Waals surface area contributed by atoms with Crippen molar-refractivity contribution in [2.24, 2.45) is 0 Å². The van der Waals surface area contributed by atoms with Gasteiger partial charge in [-0.1, -0.05) is 35.0 Å². The van der Waals surface area contributed by atoms with Crippen LogP contribution >= 0.6 is 50.9 Å². The fourth-order valence-electron chi connectivity index (χ4n) is 0.944. The summed E-state index contributed by atoms with van der Waals surface area (Å²) in [5.74, 6) is 0. The van der Waals surface area contributed by atoms with Crippen molar-refractivity contribution in [1.29, 1.82) is 0 Å². The van der Waals surface area contributed by atoms with Crippen LogP contribution in [-0.2, 0) is 0 Å². The van der Waals surface area contributed by atoms with Crippen LogP contribution in [0.15, 0.2) is 38.8 Å². The Morgan fingerprint density at radius 1 is 1.19 bits per heavy atom. The second kappa shape index (κ2) is 5.31. The van der Waals surface area contributed by atoms with Gasteiger partial charge >= 0.3 is 0 Å². The molecule has 0 N–H and O–H groups in total. The van der Waals surface area contributed by atoms with E-state index in [0.29, 0.717) is 10.3 Å². The molecule has 0 unspecified atom stereocenters. The minimum atomic E-state index is 0.309. The van der Waals surface area contributed by atoms with Crippen LogP contribution in [0.2, 0.25) is 10.3 Å². The van der Waals surface area contributed by atoms with E-state index in [1.807, 2.05) is 12.1 Å². The van der Waals surface area contributed by atoms with E-state index in [2.05, 4.69) is 31.1 Å². The van der Waals surface area contributed by atoms with Gasteiger partial charge in [0.15, 0.2) is 10.3 Å². The Hall–Kier alpha value is -0.360. The molecule has 0 radical (unpaired) electrons. The van der Waals surface area contributed by atoms with Crippen molar-refractivity contribution < 1.29 is 0 Å². The van der Waals surface area contributed by atoms with Crippen LogP contribution < -0.4 is 0 Å². The topological polar surface area (TPSA) is 38.7 Å². The SMILES string of the molecule is Clc1cc(Sc2ccc(Br)cn2)c(Cl)nn1. The number of aromatic nitrogens is 3. The van der Waals surface area contributed by atoms with E-state index in [-0.39, 0.29) is 0 Å². The van der Waals surface area contributed by atoms with Gasteiger partial charge in [-0.25, -0.2) is 4.98 Å². The van der Waals surface area contributed by atoms with Crippen LogP contribution in [0.25, 0.3) is 0 Å². The Morgan fingerprint density at radius 2 is 2.00 bits per heavy atom. The summed E-state index contributed by atoms with van der Waals surface area (Å²) in [6.07, 6.45) is 1.71. The first-order valence-corrected chi connectivity index (χ1v) is 6.50. The van der Waals surface area contributed by atoms with E-state index in [1.165, 1.54) is 11.8 Å². The van der Waals surface area contributed by atoms with Crippen molar-refractivity contribution in [3.8, 4) is 0 Å². The van der Waals surface area contributed by atoms with E-state index >= 15 is 0 Å². The number of nitrogens with zero attached hydrogens (tertiary/aromatic N) is 3. The summed E-state index contributed by atoms with van der Waals surface area (Å²) in [5.41, 5.74) is 0. The van der Waals surface area contributed by atoms with Gasteiger partial charge in [0.05, 0.1) is 4.90 Å². The van der Waals surface area contributed by atoms with Gasteiger partial charge in [-0.2, -0.15) is 0 Å². The second-order valence-corrected chi connectivity index (χ2v) is 5.46. The van der Waals surface area contributed by atoms with Crippen LogP contribution in [0.5, 0.6) is 0 Å². The summed E-state index contributed by atoms with van der Waals surface area (Å²) in [6.45, 7) is 0. The number of hydrogen-bond acceptors (Lipinski definition) is 4. The van der Waals surface area contributed by atoms with Gasteiger partial charge in [-0.15, -0.1) is 10.2 Å². The maximum Gasteiger partial charge on any atom is 0.165 e. The lowest BCUT2D eigenvalue weighted by Crippen LogP contribution is -1.87. The monoisotopic (exact) mass is 335 g/mol. The lowest BCUT2D eigenvalue weighted by Gasteiger charge is -2.02. The molecule has 2 heterocycles. The zero-order valence-corrected chi connectivity index (χ0v) is 11.6. The molecule has 0 atom stereocenters. The van der Waals surface area contributed by atoms with E-state index in [0.717, 1.165) is 14.4 Å². The number of halogens is 3. The predicted molar refractivity (Wildman–Crippen MR) is 68.1 cm³/mol. The third kappa shape index (κ3) is 3.07. The van der Waals surface area contributed by atoms with Gasteiger partial charge in [0.2, 0.25) is 0 Å². The average Bonchev–Trinajstić information content (AvgIpc) is 2.27. The Balaban J connectivity index is 2.26. The molecule has 0 bridgehead atoms. The normalized spacial score (nSPS) is 10.4. The van der Waals surface area contributed by atoms with Crippen molar-refractivity contribution in [3.63, 3.8) is 0 Å². The molecular weight excluding hydrogens is 333 g/mol. The fourth-order valence-corrected chi connectivity index (χ4v) is 2.36. The van der Waals surface area contributed by atoms with Crippen molar-refractivity contribution in [1.82, 2.24) is 15.2 Å².